The van der Waals surface area contributed by atoms with Gasteiger partial charge in [-0.1, -0.05) is 45.1 Å². The second kappa shape index (κ2) is 8.03. The minimum Gasteiger partial charge on any atom is -0.398 e. The molecule has 22 heavy (non-hydrogen) atoms. The zero-order chi connectivity index (χ0) is 16.9. The molecule has 1 rings (SSSR count). The molecular weight excluding hydrogens is 266 g/mol. The highest BCUT2D eigenvalue weighted by molar-refractivity contribution is 5.82. The molecular formula is C21H31N. The summed E-state index contributed by atoms with van der Waals surface area (Å²) >= 11 is 0. The lowest BCUT2D eigenvalue weighted by molar-refractivity contribution is 1.04. The van der Waals surface area contributed by atoms with Gasteiger partial charge in [-0.3, -0.25) is 0 Å². The molecule has 0 saturated heterocycles. The molecule has 1 aromatic carbocycles. The highest BCUT2D eigenvalue weighted by Crippen LogP contribution is 2.32. The number of aryl methyl sites for hydroxylation is 1. The molecule has 0 aliphatic heterocycles. The third kappa shape index (κ3) is 3.71. The summed E-state index contributed by atoms with van der Waals surface area (Å²) in [7, 11) is 0. The zero-order valence-corrected chi connectivity index (χ0v) is 15.1. The topological polar surface area (TPSA) is 26.0 Å². The van der Waals surface area contributed by atoms with Crippen molar-refractivity contribution in [3.63, 3.8) is 0 Å². The van der Waals surface area contributed by atoms with Crippen molar-refractivity contribution in [3.05, 3.63) is 58.2 Å². The molecule has 0 aromatic heterocycles. The number of nitrogen functional groups attached to an aromatic ring is 1. The van der Waals surface area contributed by atoms with E-state index in [0.29, 0.717) is 0 Å². The Bertz CT molecular complexity index is 615. The van der Waals surface area contributed by atoms with Crippen molar-refractivity contribution in [1.82, 2.24) is 0 Å². The van der Waals surface area contributed by atoms with E-state index in [1.165, 1.54) is 39.0 Å². The Balaban J connectivity index is 3.45. The van der Waals surface area contributed by atoms with Gasteiger partial charge in [0.25, 0.3) is 0 Å². The van der Waals surface area contributed by atoms with Crippen molar-refractivity contribution in [3.8, 4) is 0 Å². The largest absolute Gasteiger partial charge is 0.398 e. The number of hydrogen-bond donors (Lipinski definition) is 1. The Morgan fingerprint density at radius 2 is 1.73 bits per heavy atom. The van der Waals surface area contributed by atoms with Crippen LogP contribution < -0.4 is 5.73 Å². The second-order valence-corrected chi connectivity index (χ2v) is 5.82. The van der Waals surface area contributed by atoms with Crippen molar-refractivity contribution in [1.29, 1.82) is 0 Å². The van der Waals surface area contributed by atoms with Crippen molar-refractivity contribution in [2.45, 2.75) is 60.8 Å². The molecule has 0 bridgehead atoms. The van der Waals surface area contributed by atoms with E-state index in [1.54, 1.807) is 0 Å². The standard InChI is InChI=1S/C21H31N/c1-8-14(5)15(6)16(7)19(10-3)18-12-17(9-2)20(11-4)21(22)13-18/h10,12-13H,5,8-9,11,22H2,1-4,6-7H3/b16-15-,19-10+. The molecule has 0 saturated carbocycles. The molecule has 1 heteroatoms. The minimum absolute atomic E-state index is 0.913. The summed E-state index contributed by atoms with van der Waals surface area (Å²) in [6.45, 7) is 17.1. The van der Waals surface area contributed by atoms with E-state index in [0.717, 1.165) is 24.9 Å². The smallest absolute Gasteiger partial charge is 0.0355 e. The van der Waals surface area contributed by atoms with E-state index in [2.05, 4.69) is 66.3 Å². The fraction of sp³-hybridized carbons (Fsp3) is 0.429. The van der Waals surface area contributed by atoms with E-state index >= 15 is 0 Å². The molecule has 0 aliphatic rings. The first kappa shape index (κ1) is 18.3. The van der Waals surface area contributed by atoms with Crippen LogP contribution in [0.15, 0.2) is 41.5 Å². The molecule has 0 spiro atoms. The van der Waals surface area contributed by atoms with E-state index in [-0.39, 0.29) is 0 Å². The Morgan fingerprint density at radius 1 is 1.09 bits per heavy atom. The Morgan fingerprint density at radius 3 is 2.18 bits per heavy atom. The predicted octanol–water partition coefficient (Wildman–Crippen LogP) is 6.10. The average molecular weight is 297 g/mol. The Kier molecular flexibility index (Phi) is 6.67. The lowest BCUT2D eigenvalue weighted by atomic mass is 9.89. The minimum atomic E-state index is 0.913. The van der Waals surface area contributed by atoms with Crippen LogP contribution in [0.1, 0.15) is 64.7 Å². The van der Waals surface area contributed by atoms with Gasteiger partial charge in [0, 0.05) is 5.69 Å². The van der Waals surface area contributed by atoms with Crippen molar-refractivity contribution < 1.29 is 0 Å². The second-order valence-electron chi connectivity index (χ2n) is 5.82. The molecule has 1 aromatic rings. The lowest BCUT2D eigenvalue weighted by Crippen LogP contribution is -2.02. The molecule has 1 nitrogen and oxygen atoms in total. The van der Waals surface area contributed by atoms with Gasteiger partial charge in [0.2, 0.25) is 0 Å². The van der Waals surface area contributed by atoms with Crippen molar-refractivity contribution in [2.75, 3.05) is 5.73 Å². The van der Waals surface area contributed by atoms with Crippen LogP contribution >= 0.6 is 0 Å². The van der Waals surface area contributed by atoms with Crippen LogP contribution in [0.25, 0.3) is 5.57 Å². The van der Waals surface area contributed by atoms with Crippen LogP contribution in [0, 0.1) is 0 Å². The average Bonchev–Trinajstić information content (AvgIpc) is 2.53. The first-order valence-corrected chi connectivity index (χ1v) is 8.34. The summed E-state index contributed by atoms with van der Waals surface area (Å²) in [5, 5.41) is 0. The number of nitrogens with two attached hydrogens (primary N) is 1. The lowest BCUT2D eigenvalue weighted by Gasteiger charge is -2.17. The molecule has 0 fully saturated rings. The number of anilines is 1. The van der Waals surface area contributed by atoms with Crippen LogP contribution in [-0.2, 0) is 12.8 Å². The van der Waals surface area contributed by atoms with Gasteiger partial charge in [0.15, 0.2) is 0 Å². The van der Waals surface area contributed by atoms with E-state index in [9.17, 15) is 0 Å². The highest BCUT2D eigenvalue weighted by atomic mass is 14.6. The number of hydrogen-bond acceptors (Lipinski definition) is 1. The van der Waals surface area contributed by atoms with Gasteiger partial charge < -0.3 is 5.73 Å². The maximum atomic E-state index is 6.30. The number of allylic oxidation sites excluding steroid dienone is 5. The third-order valence-electron chi connectivity index (χ3n) is 4.63. The summed E-state index contributed by atoms with van der Waals surface area (Å²) in [6, 6.07) is 4.43. The Hall–Kier alpha value is -1.76. The van der Waals surface area contributed by atoms with Gasteiger partial charge in [0.05, 0.1) is 0 Å². The monoisotopic (exact) mass is 297 g/mol. The van der Waals surface area contributed by atoms with Gasteiger partial charge in [-0.05, 0) is 79.5 Å². The molecule has 0 heterocycles. The van der Waals surface area contributed by atoms with Gasteiger partial charge in [0.1, 0.15) is 0 Å². The van der Waals surface area contributed by atoms with Gasteiger partial charge in [-0.2, -0.15) is 0 Å². The van der Waals surface area contributed by atoms with Gasteiger partial charge >= 0.3 is 0 Å². The molecule has 0 aliphatic carbocycles. The van der Waals surface area contributed by atoms with E-state index < -0.39 is 0 Å². The fourth-order valence-electron chi connectivity index (χ4n) is 2.99. The first-order chi connectivity index (χ1) is 10.4. The van der Waals surface area contributed by atoms with Gasteiger partial charge in [-0.15, -0.1) is 0 Å². The molecule has 2 N–H and O–H groups in total. The maximum Gasteiger partial charge on any atom is 0.0355 e. The van der Waals surface area contributed by atoms with Crippen molar-refractivity contribution in [2.24, 2.45) is 0 Å². The summed E-state index contributed by atoms with van der Waals surface area (Å²) in [5.41, 5.74) is 16.1. The van der Waals surface area contributed by atoms with E-state index in [1.807, 2.05) is 0 Å². The SMILES string of the molecule is C=C(CC)/C(C)=C(C)\C(=C/C)c1cc(N)c(CC)c(CC)c1. The third-order valence-corrected chi connectivity index (χ3v) is 4.63. The predicted molar refractivity (Wildman–Crippen MR) is 101 cm³/mol. The number of benzene rings is 1. The molecule has 0 amide bonds. The molecule has 120 valence electrons. The van der Waals surface area contributed by atoms with Crippen LogP contribution in [0.5, 0.6) is 0 Å². The van der Waals surface area contributed by atoms with Crippen LogP contribution in [0.2, 0.25) is 0 Å². The van der Waals surface area contributed by atoms with Crippen LogP contribution in [-0.4, -0.2) is 0 Å². The van der Waals surface area contributed by atoms with Crippen LogP contribution in [0.3, 0.4) is 0 Å². The quantitative estimate of drug-likeness (QED) is 0.498. The molecule has 0 radical (unpaired) electrons. The first-order valence-electron chi connectivity index (χ1n) is 8.34. The van der Waals surface area contributed by atoms with Gasteiger partial charge in [-0.25, -0.2) is 0 Å². The summed E-state index contributed by atoms with van der Waals surface area (Å²) < 4.78 is 0. The maximum absolute atomic E-state index is 6.30. The zero-order valence-electron chi connectivity index (χ0n) is 15.1. The summed E-state index contributed by atoms with van der Waals surface area (Å²) in [5.74, 6) is 0. The summed E-state index contributed by atoms with van der Waals surface area (Å²) in [4.78, 5) is 0. The fourth-order valence-corrected chi connectivity index (χ4v) is 2.99. The molecule has 0 atom stereocenters. The summed E-state index contributed by atoms with van der Waals surface area (Å²) in [6.07, 6.45) is 5.17. The highest BCUT2D eigenvalue weighted by Gasteiger charge is 2.12. The number of rotatable bonds is 6. The molecule has 0 unspecified atom stereocenters. The van der Waals surface area contributed by atoms with E-state index in [4.69, 9.17) is 5.73 Å². The van der Waals surface area contributed by atoms with Crippen LogP contribution in [0.4, 0.5) is 5.69 Å². The van der Waals surface area contributed by atoms with Crippen molar-refractivity contribution >= 4 is 11.3 Å². The Labute approximate surface area is 136 Å². The normalized spacial score (nSPS) is 13.1.